The Kier molecular flexibility index (Phi) is 3.98. The number of nitriles is 1. The summed E-state index contributed by atoms with van der Waals surface area (Å²) in [5, 5.41) is 12.3. The highest BCUT2D eigenvalue weighted by atomic mass is 35.5. The van der Waals surface area contributed by atoms with Gasteiger partial charge in [-0.15, -0.1) is 0 Å². The average Bonchev–Trinajstić information content (AvgIpc) is 2.42. The molecule has 0 bridgehead atoms. The van der Waals surface area contributed by atoms with Crippen LogP contribution in [0.3, 0.4) is 0 Å². The molecule has 0 saturated heterocycles. The van der Waals surface area contributed by atoms with Crippen LogP contribution in [-0.4, -0.2) is 4.98 Å². The Morgan fingerprint density at radius 2 is 2.00 bits per heavy atom. The van der Waals surface area contributed by atoms with Gasteiger partial charge in [-0.2, -0.15) is 5.26 Å². The first-order valence-corrected chi connectivity index (χ1v) is 6.06. The van der Waals surface area contributed by atoms with Gasteiger partial charge in [-0.05, 0) is 30.7 Å². The van der Waals surface area contributed by atoms with Crippen LogP contribution in [0.5, 0.6) is 0 Å². The Balaban J connectivity index is 2.22. The molecule has 2 rings (SSSR count). The second-order valence-corrected chi connectivity index (χ2v) is 4.43. The number of nitrogens with one attached hydrogen (secondary N) is 1. The van der Waals surface area contributed by atoms with Gasteiger partial charge in [0.15, 0.2) is 0 Å². The molecule has 96 valence electrons. The molecular formula is C14H11ClFN3. The number of rotatable bonds is 3. The van der Waals surface area contributed by atoms with E-state index in [4.69, 9.17) is 16.9 Å². The number of hydrogen-bond donors (Lipinski definition) is 1. The molecule has 1 atom stereocenters. The summed E-state index contributed by atoms with van der Waals surface area (Å²) in [6, 6.07) is 9.62. The highest BCUT2D eigenvalue weighted by Crippen LogP contribution is 2.26. The van der Waals surface area contributed by atoms with Crippen LogP contribution in [0.25, 0.3) is 0 Å². The zero-order valence-electron chi connectivity index (χ0n) is 10.2. The monoisotopic (exact) mass is 275 g/mol. The fourth-order valence-electron chi connectivity index (χ4n) is 1.67. The van der Waals surface area contributed by atoms with Gasteiger partial charge < -0.3 is 5.32 Å². The normalized spacial score (nSPS) is 11.7. The molecule has 2 aromatic rings. The van der Waals surface area contributed by atoms with E-state index >= 15 is 0 Å². The predicted molar refractivity (Wildman–Crippen MR) is 72.4 cm³/mol. The van der Waals surface area contributed by atoms with Gasteiger partial charge >= 0.3 is 0 Å². The second-order valence-electron chi connectivity index (χ2n) is 4.05. The van der Waals surface area contributed by atoms with Crippen LogP contribution in [0.15, 0.2) is 36.5 Å². The lowest BCUT2D eigenvalue weighted by atomic mass is 10.1. The van der Waals surface area contributed by atoms with Crippen LogP contribution < -0.4 is 5.32 Å². The Labute approximate surface area is 115 Å². The molecular weight excluding hydrogens is 265 g/mol. The topological polar surface area (TPSA) is 48.7 Å². The molecule has 0 spiro atoms. The molecule has 3 nitrogen and oxygen atoms in total. The third-order valence-corrected chi connectivity index (χ3v) is 3.12. The van der Waals surface area contributed by atoms with E-state index in [1.165, 1.54) is 18.3 Å². The predicted octanol–water partition coefficient (Wildman–Crippen LogP) is 3.92. The van der Waals surface area contributed by atoms with Gasteiger partial charge in [0.25, 0.3) is 0 Å². The molecule has 0 aliphatic rings. The standard InChI is InChI=1S/C14H11ClFN3/c1-9(10-2-4-12(16)5-3-10)19-14-13(15)11(8-17)6-7-18-14/h2-7,9H,1H3,(H,18,19). The van der Waals surface area contributed by atoms with Crippen molar-refractivity contribution in [3.05, 3.63) is 58.5 Å². The van der Waals surface area contributed by atoms with Crippen molar-refractivity contribution in [3.63, 3.8) is 0 Å². The average molecular weight is 276 g/mol. The quantitative estimate of drug-likeness (QED) is 0.924. The van der Waals surface area contributed by atoms with E-state index in [0.29, 0.717) is 16.4 Å². The number of anilines is 1. The van der Waals surface area contributed by atoms with E-state index in [9.17, 15) is 4.39 Å². The molecule has 5 heteroatoms. The first-order valence-electron chi connectivity index (χ1n) is 5.68. The zero-order chi connectivity index (χ0) is 13.8. The van der Waals surface area contributed by atoms with Crippen molar-refractivity contribution in [2.24, 2.45) is 0 Å². The minimum Gasteiger partial charge on any atom is -0.362 e. The van der Waals surface area contributed by atoms with E-state index in [1.807, 2.05) is 13.0 Å². The Morgan fingerprint density at radius 1 is 1.32 bits per heavy atom. The highest BCUT2D eigenvalue weighted by Gasteiger charge is 2.11. The smallest absolute Gasteiger partial charge is 0.146 e. The molecule has 1 heterocycles. The largest absolute Gasteiger partial charge is 0.362 e. The highest BCUT2D eigenvalue weighted by molar-refractivity contribution is 6.34. The van der Waals surface area contributed by atoms with Gasteiger partial charge in [0.2, 0.25) is 0 Å². The summed E-state index contributed by atoms with van der Waals surface area (Å²) >= 11 is 6.06. The van der Waals surface area contributed by atoms with Gasteiger partial charge in [0, 0.05) is 12.2 Å². The van der Waals surface area contributed by atoms with E-state index in [2.05, 4.69) is 10.3 Å². The van der Waals surface area contributed by atoms with E-state index in [0.717, 1.165) is 5.56 Å². The SMILES string of the molecule is CC(Nc1nccc(C#N)c1Cl)c1ccc(F)cc1. The maximum atomic E-state index is 12.8. The van der Waals surface area contributed by atoms with Crippen LogP contribution >= 0.6 is 11.6 Å². The first-order chi connectivity index (χ1) is 9.11. The third-order valence-electron chi connectivity index (χ3n) is 2.73. The summed E-state index contributed by atoms with van der Waals surface area (Å²) in [4.78, 5) is 4.10. The molecule has 1 unspecified atom stereocenters. The maximum Gasteiger partial charge on any atom is 0.146 e. The molecule has 0 radical (unpaired) electrons. The van der Waals surface area contributed by atoms with E-state index in [-0.39, 0.29) is 11.9 Å². The molecule has 0 amide bonds. The number of nitrogens with zero attached hydrogens (tertiary/aromatic N) is 2. The number of halogens is 2. The number of pyridine rings is 1. The lowest BCUT2D eigenvalue weighted by Gasteiger charge is -2.16. The fourth-order valence-corrected chi connectivity index (χ4v) is 1.88. The summed E-state index contributed by atoms with van der Waals surface area (Å²) in [5.74, 6) is 0.163. The third kappa shape index (κ3) is 3.01. The van der Waals surface area contributed by atoms with Crippen molar-refractivity contribution in [1.82, 2.24) is 4.98 Å². The molecule has 19 heavy (non-hydrogen) atoms. The van der Waals surface area contributed by atoms with Gasteiger partial charge in [-0.25, -0.2) is 9.37 Å². The molecule has 0 fully saturated rings. The van der Waals surface area contributed by atoms with Crippen LogP contribution in [0.2, 0.25) is 5.02 Å². The summed E-state index contributed by atoms with van der Waals surface area (Å²) < 4.78 is 12.8. The zero-order valence-corrected chi connectivity index (χ0v) is 10.9. The summed E-state index contributed by atoms with van der Waals surface area (Å²) in [5.41, 5.74) is 1.27. The Hall–Kier alpha value is -2.12. The van der Waals surface area contributed by atoms with Crippen molar-refractivity contribution in [1.29, 1.82) is 5.26 Å². The number of benzene rings is 1. The van der Waals surface area contributed by atoms with Crippen LogP contribution in [0.1, 0.15) is 24.1 Å². The van der Waals surface area contributed by atoms with Gasteiger partial charge in [0.05, 0.1) is 5.56 Å². The summed E-state index contributed by atoms with van der Waals surface area (Å²) in [7, 11) is 0. The van der Waals surface area contributed by atoms with Crippen molar-refractivity contribution in [3.8, 4) is 6.07 Å². The van der Waals surface area contributed by atoms with Crippen molar-refractivity contribution in [2.45, 2.75) is 13.0 Å². The lowest BCUT2D eigenvalue weighted by molar-refractivity contribution is 0.626. The molecule has 1 aromatic heterocycles. The van der Waals surface area contributed by atoms with Gasteiger partial charge in [0.1, 0.15) is 22.7 Å². The Morgan fingerprint density at radius 3 is 2.63 bits per heavy atom. The number of hydrogen-bond acceptors (Lipinski definition) is 3. The van der Waals surface area contributed by atoms with Crippen molar-refractivity contribution >= 4 is 17.4 Å². The van der Waals surface area contributed by atoms with Crippen LogP contribution in [0.4, 0.5) is 10.2 Å². The summed E-state index contributed by atoms with van der Waals surface area (Å²) in [6.45, 7) is 1.91. The van der Waals surface area contributed by atoms with Gasteiger partial charge in [-0.1, -0.05) is 23.7 Å². The first kappa shape index (κ1) is 13.3. The second kappa shape index (κ2) is 5.68. The van der Waals surface area contributed by atoms with Crippen LogP contribution in [0, 0.1) is 17.1 Å². The van der Waals surface area contributed by atoms with Crippen molar-refractivity contribution in [2.75, 3.05) is 5.32 Å². The maximum absolute atomic E-state index is 12.8. The molecule has 1 aromatic carbocycles. The molecule has 0 aliphatic heterocycles. The van der Waals surface area contributed by atoms with E-state index in [1.54, 1.807) is 18.2 Å². The lowest BCUT2D eigenvalue weighted by Crippen LogP contribution is -2.08. The van der Waals surface area contributed by atoms with Gasteiger partial charge in [-0.3, -0.25) is 0 Å². The number of aromatic nitrogens is 1. The molecule has 1 N–H and O–H groups in total. The van der Waals surface area contributed by atoms with Crippen LogP contribution in [-0.2, 0) is 0 Å². The minimum absolute atomic E-state index is 0.0976. The summed E-state index contributed by atoms with van der Waals surface area (Å²) in [6.07, 6.45) is 1.52. The molecule has 0 aliphatic carbocycles. The fraction of sp³-hybridized carbons (Fsp3) is 0.143. The van der Waals surface area contributed by atoms with E-state index < -0.39 is 0 Å². The Bertz CT molecular complexity index is 620. The van der Waals surface area contributed by atoms with Crippen molar-refractivity contribution < 1.29 is 4.39 Å². The minimum atomic E-state index is -0.279. The molecule has 0 saturated carbocycles.